The Bertz CT molecular complexity index is 865. The van der Waals surface area contributed by atoms with Crippen LogP contribution < -0.4 is 20.6 Å². The number of anilines is 2. The zero-order valence-corrected chi connectivity index (χ0v) is 13.2. The number of aromatic nitrogens is 2. The van der Waals surface area contributed by atoms with E-state index in [2.05, 4.69) is 5.32 Å². The van der Waals surface area contributed by atoms with Gasteiger partial charge in [0.2, 0.25) is 11.4 Å². The van der Waals surface area contributed by atoms with Gasteiger partial charge in [0.1, 0.15) is 17.6 Å². The van der Waals surface area contributed by atoms with E-state index < -0.39 is 18.0 Å². The number of benzene rings is 2. The van der Waals surface area contributed by atoms with Gasteiger partial charge in [-0.1, -0.05) is 30.3 Å². The van der Waals surface area contributed by atoms with Crippen LogP contribution in [0.25, 0.3) is 0 Å². The first kappa shape index (κ1) is 16.6. The van der Waals surface area contributed by atoms with Crippen molar-refractivity contribution in [2.45, 2.75) is 12.6 Å². The highest BCUT2D eigenvalue weighted by Gasteiger charge is 2.33. The molecule has 0 radical (unpaired) electrons. The van der Waals surface area contributed by atoms with Crippen molar-refractivity contribution >= 4 is 17.6 Å². The molecule has 128 valence electrons. The molecule has 0 aliphatic rings. The highest BCUT2D eigenvalue weighted by atomic mass is 19.1. The third-order valence-corrected chi connectivity index (χ3v) is 3.52. The molecule has 1 unspecified atom stereocenters. The van der Waals surface area contributed by atoms with Crippen LogP contribution in [0.15, 0.2) is 65.3 Å². The smallest absolute Gasteiger partial charge is 0.382 e. The number of carbonyl (C=O) groups excluding carboxylic acids is 1. The van der Waals surface area contributed by atoms with Gasteiger partial charge < -0.3 is 10.8 Å². The van der Waals surface area contributed by atoms with Crippen molar-refractivity contribution in [1.82, 2.24) is 0 Å². The van der Waals surface area contributed by atoms with Gasteiger partial charge in [-0.2, -0.15) is 10.1 Å². The number of nitrogens with two attached hydrogens (primary N) is 1. The number of nitrogens with zero attached hydrogens (tertiary/aromatic N) is 2. The maximum absolute atomic E-state index is 12.9. The second kappa shape index (κ2) is 7.10. The van der Waals surface area contributed by atoms with Crippen molar-refractivity contribution in [2.75, 3.05) is 11.1 Å². The normalized spacial score (nSPS) is 11.9. The SMILES string of the molecule is Nc1c[n+](CC(O)c2ccccc2)[n+](C(=O)Nc2ccc(F)cc2)o1. The van der Waals surface area contributed by atoms with Gasteiger partial charge in [-0.15, -0.1) is 0 Å². The van der Waals surface area contributed by atoms with Crippen LogP contribution in [0.3, 0.4) is 0 Å². The van der Waals surface area contributed by atoms with Gasteiger partial charge >= 0.3 is 11.9 Å². The molecular weight excluding hydrogens is 327 g/mol. The first-order valence-electron chi connectivity index (χ1n) is 7.54. The fraction of sp³-hybridized carbons (Fsp3) is 0.118. The molecule has 0 fully saturated rings. The van der Waals surface area contributed by atoms with Crippen molar-refractivity contribution in [3.63, 3.8) is 0 Å². The number of aliphatic hydroxyl groups excluding tert-OH is 1. The predicted molar refractivity (Wildman–Crippen MR) is 85.7 cm³/mol. The summed E-state index contributed by atoms with van der Waals surface area (Å²) in [6, 6.07) is 13.7. The number of aliphatic hydroxyl groups is 1. The lowest BCUT2D eigenvalue weighted by Gasteiger charge is -2.04. The molecule has 0 saturated heterocycles. The van der Waals surface area contributed by atoms with Gasteiger partial charge in [0, 0.05) is 4.68 Å². The summed E-state index contributed by atoms with van der Waals surface area (Å²) in [5.74, 6) is -0.400. The third-order valence-electron chi connectivity index (χ3n) is 3.52. The molecule has 1 heterocycles. The summed E-state index contributed by atoms with van der Waals surface area (Å²) < 4.78 is 19.5. The molecule has 1 atom stereocenters. The number of nitrogen functional groups attached to an aromatic ring is 1. The van der Waals surface area contributed by atoms with Gasteiger partial charge in [-0.25, -0.2) is 8.91 Å². The Morgan fingerprint density at radius 1 is 1.20 bits per heavy atom. The molecule has 4 N–H and O–H groups in total. The first-order valence-corrected chi connectivity index (χ1v) is 7.54. The summed E-state index contributed by atoms with van der Waals surface area (Å²) in [7, 11) is 0. The minimum absolute atomic E-state index is 0.00881. The standard InChI is InChI=1S/C17H16FN4O3/c18-13-6-8-14(9-7-13)20-17(24)22-21(11-16(19)25-22)10-15(23)12-4-2-1-3-5-12/h1-9,11,15,23H,10H2,(H2-,19,20,24)/q+1/p+1. The molecular formula is C17H17FN4O3+2. The van der Waals surface area contributed by atoms with Gasteiger partial charge in [0.15, 0.2) is 0 Å². The van der Waals surface area contributed by atoms with E-state index in [1.54, 1.807) is 12.1 Å². The average Bonchev–Trinajstić information content (AvgIpc) is 2.98. The number of rotatable bonds is 4. The second-order valence-electron chi connectivity index (χ2n) is 5.38. The van der Waals surface area contributed by atoms with Crippen LogP contribution in [0.5, 0.6) is 0 Å². The number of amides is 1. The average molecular weight is 344 g/mol. The fourth-order valence-corrected chi connectivity index (χ4v) is 2.32. The fourth-order valence-electron chi connectivity index (χ4n) is 2.32. The molecule has 0 aliphatic heterocycles. The van der Waals surface area contributed by atoms with E-state index in [0.29, 0.717) is 11.3 Å². The van der Waals surface area contributed by atoms with Crippen molar-refractivity contribution in [3.05, 3.63) is 72.2 Å². The Balaban J connectivity index is 1.78. The Kier molecular flexibility index (Phi) is 4.71. The maximum atomic E-state index is 12.9. The van der Waals surface area contributed by atoms with Crippen LogP contribution in [0.2, 0.25) is 0 Å². The van der Waals surface area contributed by atoms with E-state index in [9.17, 15) is 14.3 Å². The zero-order valence-electron chi connectivity index (χ0n) is 13.2. The van der Waals surface area contributed by atoms with Crippen molar-refractivity contribution in [2.24, 2.45) is 0 Å². The third kappa shape index (κ3) is 3.99. The van der Waals surface area contributed by atoms with Crippen LogP contribution in [0.4, 0.5) is 20.8 Å². The molecule has 3 rings (SSSR count). The molecule has 2 aromatic carbocycles. The predicted octanol–water partition coefficient (Wildman–Crippen LogP) is 1.39. The number of nitrogens with one attached hydrogen (secondary N) is 1. The summed E-state index contributed by atoms with van der Waals surface area (Å²) in [6.07, 6.45) is 0.546. The monoisotopic (exact) mass is 344 g/mol. The first-order chi connectivity index (χ1) is 12.0. The number of hydrogen-bond donors (Lipinski definition) is 3. The van der Waals surface area contributed by atoms with E-state index in [4.69, 9.17) is 10.3 Å². The zero-order chi connectivity index (χ0) is 17.8. The number of carbonyl (C=O) groups is 1. The highest BCUT2D eigenvalue weighted by Crippen LogP contribution is 2.12. The molecule has 3 aromatic rings. The summed E-state index contributed by atoms with van der Waals surface area (Å²) >= 11 is 0. The van der Waals surface area contributed by atoms with Crippen molar-refractivity contribution < 1.29 is 28.4 Å². The Morgan fingerprint density at radius 3 is 2.56 bits per heavy atom. The molecule has 7 nitrogen and oxygen atoms in total. The minimum Gasteiger partial charge on any atom is -0.382 e. The molecule has 1 amide bonds. The molecule has 0 saturated carbocycles. The molecule has 0 spiro atoms. The van der Waals surface area contributed by atoms with E-state index >= 15 is 0 Å². The quantitative estimate of drug-likeness (QED) is 0.623. The lowest BCUT2D eigenvalue weighted by molar-refractivity contribution is -1.27. The summed E-state index contributed by atoms with van der Waals surface area (Å²) in [5.41, 5.74) is 6.71. The molecule has 0 bridgehead atoms. The Morgan fingerprint density at radius 2 is 1.88 bits per heavy atom. The summed E-state index contributed by atoms with van der Waals surface area (Å²) in [4.78, 5) is 13.3. The van der Waals surface area contributed by atoms with Crippen LogP contribution in [-0.2, 0) is 6.54 Å². The van der Waals surface area contributed by atoms with E-state index in [1.165, 1.54) is 35.1 Å². The number of hydrogen-bond acceptors (Lipinski definition) is 4. The lowest BCUT2D eigenvalue weighted by atomic mass is 10.1. The largest absolute Gasteiger partial charge is 0.597 e. The van der Waals surface area contributed by atoms with Crippen LogP contribution >= 0.6 is 0 Å². The maximum Gasteiger partial charge on any atom is 0.597 e. The van der Waals surface area contributed by atoms with Crippen molar-refractivity contribution in [1.29, 1.82) is 0 Å². The molecule has 25 heavy (non-hydrogen) atoms. The number of halogens is 1. The van der Waals surface area contributed by atoms with Crippen LogP contribution in [0.1, 0.15) is 11.7 Å². The van der Waals surface area contributed by atoms with E-state index in [-0.39, 0.29) is 12.4 Å². The Labute approximate surface area is 142 Å². The Hall–Kier alpha value is -3.26. The van der Waals surface area contributed by atoms with Gasteiger partial charge in [-0.05, 0) is 29.8 Å². The van der Waals surface area contributed by atoms with E-state index in [0.717, 1.165) is 4.85 Å². The lowest BCUT2D eigenvalue weighted by Crippen LogP contribution is -2.70. The highest BCUT2D eigenvalue weighted by molar-refractivity contribution is 5.81. The molecule has 1 aromatic heterocycles. The summed E-state index contributed by atoms with van der Waals surface area (Å²) in [6.45, 7) is 0.0571. The van der Waals surface area contributed by atoms with E-state index in [1.807, 2.05) is 18.2 Å². The van der Waals surface area contributed by atoms with Crippen molar-refractivity contribution in [3.8, 4) is 0 Å². The molecule has 8 heteroatoms. The summed E-state index contributed by atoms with van der Waals surface area (Å²) in [5, 5.41) is 12.9. The van der Waals surface area contributed by atoms with Gasteiger partial charge in [-0.3, -0.25) is 0 Å². The van der Waals surface area contributed by atoms with Crippen LogP contribution in [0, 0.1) is 5.82 Å². The molecule has 0 aliphatic carbocycles. The minimum atomic E-state index is -0.854. The van der Waals surface area contributed by atoms with Crippen LogP contribution in [-0.4, -0.2) is 11.1 Å². The van der Waals surface area contributed by atoms with Gasteiger partial charge in [0.25, 0.3) is 6.20 Å². The van der Waals surface area contributed by atoms with Gasteiger partial charge in [0.05, 0.1) is 0 Å². The topological polar surface area (TPSA) is 96.2 Å². The second-order valence-corrected chi connectivity index (χ2v) is 5.38.